The number of allylic oxidation sites excluding steroid dienone is 1. The van der Waals surface area contributed by atoms with Gasteiger partial charge in [-0.3, -0.25) is 4.79 Å². The Balaban J connectivity index is 3.88. The zero-order chi connectivity index (χ0) is 9.61. The third-order valence-corrected chi connectivity index (χ3v) is 1.81. The zero-order valence-electron chi connectivity index (χ0n) is 8.13. The summed E-state index contributed by atoms with van der Waals surface area (Å²) >= 11 is 0. The Labute approximate surface area is 74.3 Å². The van der Waals surface area contributed by atoms with E-state index in [1.165, 1.54) is 0 Å². The number of carboxylic acid groups (broad SMARTS) is 1. The summed E-state index contributed by atoms with van der Waals surface area (Å²) in [5.41, 5.74) is -0.715. The molecule has 0 aliphatic carbocycles. The van der Waals surface area contributed by atoms with E-state index in [0.717, 1.165) is 19.3 Å². The van der Waals surface area contributed by atoms with E-state index < -0.39 is 11.4 Å². The maximum atomic E-state index is 10.6. The van der Waals surface area contributed by atoms with Crippen molar-refractivity contribution in [1.82, 2.24) is 0 Å². The first-order valence-electron chi connectivity index (χ1n) is 4.42. The van der Waals surface area contributed by atoms with Gasteiger partial charge in [-0.15, -0.1) is 0 Å². The summed E-state index contributed by atoms with van der Waals surface area (Å²) in [5.74, 6) is -0.768. The Bertz CT molecular complexity index is 169. The molecule has 0 aromatic heterocycles. The van der Waals surface area contributed by atoms with Crippen LogP contribution in [0.2, 0.25) is 0 Å². The number of hydrogen-bond donors (Lipinski definition) is 1. The van der Waals surface area contributed by atoms with Crippen molar-refractivity contribution in [2.45, 2.75) is 40.0 Å². The largest absolute Gasteiger partial charge is 0.481 e. The number of aliphatic carboxylic acids is 1. The Morgan fingerprint density at radius 3 is 2.50 bits per heavy atom. The van der Waals surface area contributed by atoms with E-state index in [1.54, 1.807) is 19.9 Å². The van der Waals surface area contributed by atoms with Gasteiger partial charge in [-0.05, 0) is 20.3 Å². The van der Waals surface area contributed by atoms with E-state index in [2.05, 4.69) is 6.92 Å². The molecule has 12 heavy (non-hydrogen) atoms. The molecule has 0 fully saturated rings. The predicted octanol–water partition coefficient (Wildman–Crippen LogP) is 2.84. The molecule has 0 saturated heterocycles. The second-order valence-electron chi connectivity index (χ2n) is 3.57. The lowest BCUT2D eigenvalue weighted by Gasteiger charge is -2.12. The third-order valence-electron chi connectivity index (χ3n) is 1.81. The summed E-state index contributed by atoms with van der Waals surface area (Å²) in [7, 11) is 0. The van der Waals surface area contributed by atoms with Crippen LogP contribution in [0.1, 0.15) is 40.0 Å². The standard InChI is InChI=1S/C10H18O2/c1-4-5-6-7-8-10(2,3)9(11)12/h7-8H,4-6H2,1-3H3,(H,11,12). The molecular weight excluding hydrogens is 152 g/mol. The quantitative estimate of drug-likeness (QED) is 0.509. The molecule has 2 nitrogen and oxygen atoms in total. The van der Waals surface area contributed by atoms with Gasteiger partial charge in [0.15, 0.2) is 0 Å². The molecule has 0 spiro atoms. The fourth-order valence-electron chi connectivity index (χ4n) is 0.771. The van der Waals surface area contributed by atoms with Crippen molar-refractivity contribution in [3.05, 3.63) is 12.2 Å². The van der Waals surface area contributed by atoms with Crippen molar-refractivity contribution < 1.29 is 9.90 Å². The molecule has 0 amide bonds. The molecule has 0 bridgehead atoms. The number of unbranched alkanes of at least 4 members (excludes halogenated alkanes) is 2. The highest BCUT2D eigenvalue weighted by Crippen LogP contribution is 2.17. The molecule has 0 rings (SSSR count). The highest BCUT2D eigenvalue weighted by Gasteiger charge is 2.22. The van der Waals surface area contributed by atoms with Gasteiger partial charge < -0.3 is 5.11 Å². The lowest BCUT2D eigenvalue weighted by molar-refractivity contribution is -0.144. The summed E-state index contributed by atoms with van der Waals surface area (Å²) in [4.78, 5) is 10.6. The maximum Gasteiger partial charge on any atom is 0.312 e. The van der Waals surface area contributed by atoms with Crippen molar-refractivity contribution >= 4 is 5.97 Å². The fraction of sp³-hybridized carbons (Fsp3) is 0.700. The molecule has 0 aliphatic heterocycles. The summed E-state index contributed by atoms with van der Waals surface area (Å²) in [6.45, 7) is 5.53. The van der Waals surface area contributed by atoms with Gasteiger partial charge in [0.25, 0.3) is 0 Å². The van der Waals surface area contributed by atoms with Crippen molar-refractivity contribution in [2.24, 2.45) is 5.41 Å². The monoisotopic (exact) mass is 170 g/mol. The van der Waals surface area contributed by atoms with E-state index in [0.29, 0.717) is 0 Å². The molecule has 1 N–H and O–H groups in total. The third kappa shape index (κ3) is 4.16. The van der Waals surface area contributed by atoms with Gasteiger partial charge in [-0.1, -0.05) is 31.9 Å². The number of hydrogen-bond acceptors (Lipinski definition) is 1. The maximum absolute atomic E-state index is 10.6. The van der Waals surface area contributed by atoms with Gasteiger partial charge in [0.05, 0.1) is 5.41 Å². The van der Waals surface area contributed by atoms with Crippen LogP contribution in [0.15, 0.2) is 12.2 Å². The fourth-order valence-corrected chi connectivity index (χ4v) is 0.771. The Morgan fingerprint density at radius 1 is 1.50 bits per heavy atom. The first-order chi connectivity index (χ1) is 5.50. The molecule has 0 unspecified atom stereocenters. The van der Waals surface area contributed by atoms with Crippen molar-refractivity contribution in [3.8, 4) is 0 Å². The summed E-state index contributed by atoms with van der Waals surface area (Å²) in [6, 6.07) is 0. The van der Waals surface area contributed by atoms with Crippen LogP contribution in [0, 0.1) is 5.41 Å². The minimum atomic E-state index is -0.768. The van der Waals surface area contributed by atoms with Gasteiger partial charge in [0.1, 0.15) is 0 Å². The molecule has 0 heterocycles. The highest BCUT2D eigenvalue weighted by molar-refractivity contribution is 5.75. The lowest BCUT2D eigenvalue weighted by Crippen LogP contribution is -2.20. The van der Waals surface area contributed by atoms with Gasteiger partial charge in [0, 0.05) is 0 Å². The van der Waals surface area contributed by atoms with E-state index in [4.69, 9.17) is 5.11 Å². The molecule has 0 aromatic rings. The minimum Gasteiger partial charge on any atom is -0.481 e. The van der Waals surface area contributed by atoms with Crippen LogP contribution in [0.3, 0.4) is 0 Å². The molecule has 0 aromatic carbocycles. The van der Waals surface area contributed by atoms with Crippen molar-refractivity contribution in [1.29, 1.82) is 0 Å². The molecule has 70 valence electrons. The smallest absolute Gasteiger partial charge is 0.312 e. The molecule has 0 atom stereocenters. The topological polar surface area (TPSA) is 37.3 Å². The number of rotatable bonds is 5. The molecule has 2 heteroatoms. The van der Waals surface area contributed by atoms with Crippen LogP contribution < -0.4 is 0 Å². The van der Waals surface area contributed by atoms with Crippen LogP contribution in [-0.4, -0.2) is 11.1 Å². The first-order valence-corrected chi connectivity index (χ1v) is 4.42. The highest BCUT2D eigenvalue weighted by atomic mass is 16.4. The average Bonchev–Trinajstić information content (AvgIpc) is 1.98. The van der Waals surface area contributed by atoms with Gasteiger partial charge >= 0.3 is 5.97 Å². The summed E-state index contributed by atoms with van der Waals surface area (Å²) < 4.78 is 0. The van der Waals surface area contributed by atoms with Gasteiger partial charge in [-0.25, -0.2) is 0 Å². The van der Waals surface area contributed by atoms with Crippen molar-refractivity contribution in [3.63, 3.8) is 0 Å². The van der Waals surface area contributed by atoms with E-state index in [1.807, 2.05) is 6.08 Å². The molecular formula is C10H18O2. The summed E-state index contributed by atoms with van der Waals surface area (Å²) in [5, 5.41) is 8.75. The second-order valence-corrected chi connectivity index (χ2v) is 3.57. The van der Waals surface area contributed by atoms with E-state index in [9.17, 15) is 4.79 Å². The van der Waals surface area contributed by atoms with Crippen LogP contribution in [0.5, 0.6) is 0 Å². The van der Waals surface area contributed by atoms with E-state index >= 15 is 0 Å². The average molecular weight is 170 g/mol. The van der Waals surface area contributed by atoms with Crippen LogP contribution in [-0.2, 0) is 4.79 Å². The second kappa shape index (κ2) is 4.96. The molecule has 0 radical (unpaired) electrons. The Morgan fingerprint density at radius 2 is 2.08 bits per heavy atom. The number of carboxylic acids is 1. The number of carbonyl (C=O) groups is 1. The normalized spacial score (nSPS) is 12.2. The lowest BCUT2D eigenvalue weighted by atomic mass is 9.93. The van der Waals surface area contributed by atoms with Crippen molar-refractivity contribution in [2.75, 3.05) is 0 Å². The van der Waals surface area contributed by atoms with Crippen LogP contribution in [0.4, 0.5) is 0 Å². The Kier molecular flexibility index (Phi) is 4.64. The minimum absolute atomic E-state index is 0.715. The summed E-state index contributed by atoms with van der Waals surface area (Å²) in [6.07, 6.45) is 6.99. The van der Waals surface area contributed by atoms with Crippen LogP contribution in [0.25, 0.3) is 0 Å². The molecule has 0 saturated carbocycles. The zero-order valence-corrected chi connectivity index (χ0v) is 8.13. The van der Waals surface area contributed by atoms with Crippen LogP contribution >= 0.6 is 0 Å². The van der Waals surface area contributed by atoms with Gasteiger partial charge in [-0.2, -0.15) is 0 Å². The SMILES string of the molecule is CCCCC=CC(C)(C)C(=O)O. The van der Waals surface area contributed by atoms with Gasteiger partial charge in [0.2, 0.25) is 0 Å². The van der Waals surface area contributed by atoms with E-state index in [-0.39, 0.29) is 0 Å². The Hall–Kier alpha value is -0.790. The molecule has 0 aliphatic rings. The predicted molar refractivity (Wildman–Crippen MR) is 50.1 cm³/mol. The first kappa shape index (κ1) is 11.2.